The molecule has 3 N–H and O–H groups in total. The number of hydrogen-bond acceptors (Lipinski definition) is 3. The van der Waals surface area contributed by atoms with Crippen molar-refractivity contribution in [1.29, 1.82) is 0 Å². The molecule has 24 heavy (non-hydrogen) atoms. The van der Waals surface area contributed by atoms with Crippen molar-refractivity contribution in [3.63, 3.8) is 0 Å². The Morgan fingerprint density at radius 1 is 0.958 bits per heavy atom. The number of allylic oxidation sites excluding steroid dienone is 6. The molecule has 4 heteroatoms. The largest absolute Gasteiger partial charge is 0.508 e. The molecular formula is C20H32O4. The highest BCUT2D eigenvalue weighted by atomic mass is 16.4. The van der Waals surface area contributed by atoms with Crippen molar-refractivity contribution in [3.05, 3.63) is 48.3 Å². The van der Waals surface area contributed by atoms with E-state index in [-0.39, 0.29) is 11.9 Å². The van der Waals surface area contributed by atoms with Crippen molar-refractivity contribution in [3.8, 4) is 0 Å². The van der Waals surface area contributed by atoms with Gasteiger partial charge in [-0.3, -0.25) is 0 Å². The van der Waals surface area contributed by atoms with Crippen molar-refractivity contribution in [2.45, 2.75) is 70.8 Å². The number of aliphatic hydroxyl groups excluding tert-OH is 2. The summed E-state index contributed by atoms with van der Waals surface area (Å²) < 4.78 is 0. The van der Waals surface area contributed by atoms with Gasteiger partial charge in [0.1, 0.15) is 5.76 Å². The first kappa shape index (κ1) is 22.2. The van der Waals surface area contributed by atoms with Crippen LogP contribution in [0.1, 0.15) is 64.7 Å². The van der Waals surface area contributed by atoms with E-state index in [0.29, 0.717) is 6.42 Å². The highest BCUT2D eigenvalue weighted by Gasteiger charge is 2.02. The molecule has 0 fully saturated rings. The summed E-state index contributed by atoms with van der Waals surface area (Å²) >= 11 is 0. The minimum Gasteiger partial charge on any atom is -0.508 e. The van der Waals surface area contributed by atoms with Crippen LogP contribution in [0.2, 0.25) is 0 Å². The zero-order chi connectivity index (χ0) is 18.0. The van der Waals surface area contributed by atoms with Gasteiger partial charge in [0.2, 0.25) is 0 Å². The number of rotatable bonds is 14. The van der Waals surface area contributed by atoms with Crippen LogP contribution in [0.5, 0.6) is 0 Å². The fraction of sp³-hybridized carbons (Fsp3) is 0.550. The van der Waals surface area contributed by atoms with Crippen LogP contribution in [0, 0.1) is 0 Å². The van der Waals surface area contributed by atoms with Gasteiger partial charge >= 0.3 is 5.97 Å². The fourth-order valence-electron chi connectivity index (χ4n) is 2.17. The lowest BCUT2D eigenvalue weighted by atomic mass is 10.0. The van der Waals surface area contributed by atoms with Crippen LogP contribution in [0.3, 0.4) is 0 Å². The summed E-state index contributed by atoms with van der Waals surface area (Å²) in [6.07, 6.45) is 19.7. The lowest BCUT2D eigenvalue weighted by Crippen LogP contribution is -2.05. The Hall–Kier alpha value is -1.81. The maximum atomic E-state index is 10.2. The summed E-state index contributed by atoms with van der Waals surface area (Å²) in [6.45, 7) is 2.16. The zero-order valence-electron chi connectivity index (χ0n) is 14.7. The molecule has 136 valence electrons. The standard InChI is InChI=1S/C20H32O4/c1-2-3-8-13-18(21)14-9-4-5-10-15-19(22)16-11-6-7-12-17-20(23)24/h6,10-12,15-18,21-22H,2-5,7-9,13-14H2,1H3,(H,23,24)/b11-6-,15-10+,17-12?,19-16-/t18-/m0/s1. The molecule has 0 unspecified atom stereocenters. The van der Waals surface area contributed by atoms with E-state index in [1.54, 1.807) is 24.3 Å². The van der Waals surface area contributed by atoms with Gasteiger partial charge in [0.15, 0.2) is 0 Å². The predicted octanol–water partition coefficient (Wildman–Crippen LogP) is 5.07. The molecule has 0 aliphatic heterocycles. The van der Waals surface area contributed by atoms with Crippen molar-refractivity contribution in [2.24, 2.45) is 0 Å². The topological polar surface area (TPSA) is 77.8 Å². The number of carboxylic acids is 1. The SMILES string of the molecule is CCCCC[C@H](O)CCCC/C=C/C(O)=C/C=C\CC=CC(=O)O. The van der Waals surface area contributed by atoms with Gasteiger partial charge in [-0.25, -0.2) is 4.79 Å². The van der Waals surface area contributed by atoms with Crippen molar-refractivity contribution >= 4 is 5.97 Å². The Labute approximate surface area is 145 Å². The van der Waals surface area contributed by atoms with E-state index in [1.165, 1.54) is 18.9 Å². The summed E-state index contributed by atoms with van der Waals surface area (Å²) in [6, 6.07) is 0. The predicted molar refractivity (Wildman–Crippen MR) is 99.0 cm³/mol. The highest BCUT2D eigenvalue weighted by molar-refractivity contribution is 5.79. The van der Waals surface area contributed by atoms with Crippen LogP contribution in [0.4, 0.5) is 0 Å². The Bertz CT molecular complexity index is 433. The van der Waals surface area contributed by atoms with Crippen LogP contribution < -0.4 is 0 Å². The molecule has 0 rings (SSSR count). The van der Waals surface area contributed by atoms with Crippen LogP contribution >= 0.6 is 0 Å². The minimum atomic E-state index is -0.960. The minimum absolute atomic E-state index is 0.172. The number of carbonyl (C=O) groups is 1. The van der Waals surface area contributed by atoms with Gasteiger partial charge in [-0.05, 0) is 44.3 Å². The van der Waals surface area contributed by atoms with E-state index in [2.05, 4.69) is 6.92 Å². The van der Waals surface area contributed by atoms with E-state index in [9.17, 15) is 15.0 Å². The monoisotopic (exact) mass is 336 g/mol. The number of unbranched alkanes of at least 4 members (excludes halogenated alkanes) is 4. The molecule has 0 aromatic heterocycles. The molecular weight excluding hydrogens is 304 g/mol. The second kappa shape index (κ2) is 16.1. The molecule has 0 aromatic carbocycles. The average Bonchev–Trinajstić information content (AvgIpc) is 2.54. The Morgan fingerprint density at radius 3 is 2.33 bits per heavy atom. The molecule has 0 amide bonds. The molecule has 0 saturated heterocycles. The second-order valence-electron chi connectivity index (χ2n) is 5.83. The smallest absolute Gasteiger partial charge is 0.327 e. The molecule has 4 nitrogen and oxygen atoms in total. The number of hydrogen-bond donors (Lipinski definition) is 3. The molecule has 0 saturated carbocycles. The van der Waals surface area contributed by atoms with E-state index in [1.807, 2.05) is 6.08 Å². The summed E-state index contributed by atoms with van der Waals surface area (Å²) in [4.78, 5) is 10.2. The van der Waals surface area contributed by atoms with Gasteiger partial charge in [-0.1, -0.05) is 56.9 Å². The van der Waals surface area contributed by atoms with Crippen molar-refractivity contribution < 1.29 is 20.1 Å². The summed E-state index contributed by atoms with van der Waals surface area (Å²) in [5.74, 6) is -0.786. The van der Waals surface area contributed by atoms with E-state index in [0.717, 1.165) is 44.6 Å². The number of carboxylic acid groups (broad SMARTS) is 1. The lowest BCUT2D eigenvalue weighted by Gasteiger charge is -2.09. The van der Waals surface area contributed by atoms with Gasteiger partial charge < -0.3 is 15.3 Å². The van der Waals surface area contributed by atoms with E-state index >= 15 is 0 Å². The van der Waals surface area contributed by atoms with E-state index in [4.69, 9.17) is 5.11 Å². The van der Waals surface area contributed by atoms with Crippen LogP contribution in [0.15, 0.2) is 48.3 Å². The molecule has 0 aromatic rings. The summed E-state index contributed by atoms with van der Waals surface area (Å²) in [7, 11) is 0. The maximum absolute atomic E-state index is 10.2. The summed E-state index contributed by atoms with van der Waals surface area (Å²) in [5, 5.41) is 27.8. The Morgan fingerprint density at radius 2 is 1.67 bits per heavy atom. The Kier molecular flexibility index (Phi) is 14.9. The second-order valence-corrected chi connectivity index (χ2v) is 5.83. The number of aliphatic carboxylic acids is 1. The third-order valence-corrected chi connectivity index (χ3v) is 3.52. The quantitative estimate of drug-likeness (QED) is 0.179. The lowest BCUT2D eigenvalue weighted by molar-refractivity contribution is -0.131. The van der Waals surface area contributed by atoms with E-state index < -0.39 is 5.97 Å². The molecule has 0 aliphatic rings. The highest BCUT2D eigenvalue weighted by Crippen LogP contribution is 2.11. The zero-order valence-corrected chi connectivity index (χ0v) is 14.7. The van der Waals surface area contributed by atoms with Gasteiger partial charge in [-0.2, -0.15) is 0 Å². The van der Waals surface area contributed by atoms with Gasteiger partial charge in [0.25, 0.3) is 0 Å². The third-order valence-electron chi connectivity index (χ3n) is 3.52. The number of aliphatic hydroxyl groups is 2. The third kappa shape index (κ3) is 16.6. The fourth-order valence-corrected chi connectivity index (χ4v) is 2.17. The van der Waals surface area contributed by atoms with Crippen LogP contribution in [-0.2, 0) is 4.79 Å². The maximum Gasteiger partial charge on any atom is 0.327 e. The summed E-state index contributed by atoms with van der Waals surface area (Å²) in [5.41, 5.74) is 0. The molecule has 1 atom stereocenters. The first-order chi connectivity index (χ1) is 11.6. The Balaban J connectivity index is 3.72. The molecule has 0 heterocycles. The first-order valence-electron chi connectivity index (χ1n) is 8.86. The van der Waals surface area contributed by atoms with Gasteiger partial charge in [0.05, 0.1) is 6.10 Å². The molecule has 0 bridgehead atoms. The van der Waals surface area contributed by atoms with Crippen LogP contribution in [-0.4, -0.2) is 27.4 Å². The molecule has 0 radical (unpaired) electrons. The average molecular weight is 336 g/mol. The molecule has 0 spiro atoms. The van der Waals surface area contributed by atoms with Crippen molar-refractivity contribution in [1.82, 2.24) is 0 Å². The van der Waals surface area contributed by atoms with Crippen molar-refractivity contribution in [2.75, 3.05) is 0 Å². The van der Waals surface area contributed by atoms with Crippen LogP contribution in [0.25, 0.3) is 0 Å². The van der Waals surface area contributed by atoms with Gasteiger partial charge in [0, 0.05) is 6.08 Å². The normalized spacial score (nSPS) is 14.2. The first-order valence-corrected chi connectivity index (χ1v) is 8.86. The molecule has 0 aliphatic carbocycles. The van der Waals surface area contributed by atoms with Gasteiger partial charge in [-0.15, -0.1) is 0 Å².